The maximum Gasteiger partial charge on any atom is 0.268 e. The van der Waals surface area contributed by atoms with E-state index < -0.39 is 5.91 Å². The summed E-state index contributed by atoms with van der Waals surface area (Å²) in [6.07, 6.45) is 2.17. The van der Waals surface area contributed by atoms with Gasteiger partial charge in [0.25, 0.3) is 5.91 Å². The molecule has 2 aromatic carbocycles. The van der Waals surface area contributed by atoms with Crippen molar-refractivity contribution in [3.8, 4) is 29.1 Å². The van der Waals surface area contributed by atoms with Crippen LogP contribution in [0, 0.1) is 17.2 Å². The number of halogens is 1. The highest BCUT2D eigenvalue weighted by Crippen LogP contribution is 2.37. The van der Waals surface area contributed by atoms with Gasteiger partial charge in [0, 0.05) is 12.5 Å². The first-order chi connectivity index (χ1) is 17.8. The van der Waals surface area contributed by atoms with E-state index in [1.165, 1.54) is 24.5 Å². The van der Waals surface area contributed by atoms with Gasteiger partial charge in [0.05, 0.1) is 19.2 Å². The van der Waals surface area contributed by atoms with Gasteiger partial charge in [0.2, 0.25) is 5.13 Å². The van der Waals surface area contributed by atoms with E-state index in [0.717, 1.165) is 11.4 Å². The largest absolute Gasteiger partial charge is 0.497 e. The summed E-state index contributed by atoms with van der Waals surface area (Å²) in [6.45, 7) is 4.61. The lowest BCUT2D eigenvalue weighted by Gasteiger charge is -2.14. The molecule has 1 heterocycles. The number of hydrogen-bond acceptors (Lipinski definition) is 9. The number of aromatic nitrogens is 2. The average molecular weight is 543 g/mol. The molecule has 0 fully saturated rings. The number of rotatable bonds is 12. The second-order valence-corrected chi connectivity index (χ2v) is 9.60. The molecule has 1 amide bonds. The molecular weight excluding hydrogens is 516 g/mol. The fourth-order valence-corrected chi connectivity index (χ4v) is 4.39. The Balaban J connectivity index is 1.66. The van der Waals surface area contributed by atoms with Gasteiger partial charge >= 0.3 is 0 Å². The minimum Gasteiger partial charge on any atom is -0.497 e. The van der Waals surface area contributed by atoms with Gasteiger partial charge in [-0.15, -0.1) is 10.2 Å². The van der Waals surface area contributed by atoms with Crippen LogP contribution in [0.5, 0.6) is 23.0 Å². The summed E-state index contributed by atoms with van der Waals surface area (Å²) in [6, 6.07) is 12.4. The molecular formula is C26H27ClN4O5S. The number of ether oxygens (including phenoxy) is 4. The highest BCUT2D eigenvalue weighted by Gasteiger charge is 2.16. The zero-order valence-corrected chi connectivity index (χ0v) is 22.5. The van der Waals surface area contributed by atoms with E-state index in [0.29, 0.717) is 39.6 Å². The topological polar surface area (TPSA) is 116 Å². The predicted octanol–water partition coefficient (Wildman–Crippen LogP) is 5.41. The molecule has 37 heavy (non-hydrogen) atoms. The van der Waals surface area contributed by atoms with Gasteiger partial charge in [-0.25, -0.2) is 0 Å². The summed E-state index contributed by atoms with van der Waals surface area (Å²) in [5, 5.41) is 21.6. The van der Waals surface area contributed by atoms with Gasteiger partial charge in [-0.3, -0.25) is 10.1 Å². The number of methoxy groups -OCH3 is 2. The molecule has 0 unspecified atom stereocenters. The van der Waals surface area contributed by atoms with Crippen LogP contribution in [-0.2, 0) is 11.2 Å². The van der Waals surface area contributed by atoms with Gasteiger partial charge < -0.3 is 18.9 Å². The quantitative estimate of drug-likeness (QED) is 0.183. The SMILES string of the molecule is COc1cccc(OCCOc2c(Cl)cc(/C=C(/C#N)C(=O)Nc3nnc(CC(C)C)s3)cc2OC)c1. The smallest absolute Gasteiger partial charge is 0.268 e. The molecule has 0 bridgehead atoms. The number of nitrogens with one attached hydrogen (secondary N) is 1. The molecule has 0 radical (unpaired) electrons. The molecule has 9 nitrogen and oxygen atoms in total. The van der Waals surface area contributed by atoms with E-state index >= 15 is 0 Å². The minimum absolute atomic E-state index is 0.126. The summed E-state index contributed by atoms with van der Waals surface area (Å²) in [4.78, 5) is 12.6. The first-order valence-electron chi connectivity index (χ1n) is 11.4. The predicted molar refractivity (Wildman–Crippen MR) is 143 cm³/mol. The van der Waals surface area contributed by atoms with Crippen LogP contribution in [0.1, 0.15) is 24.4 Å². The molecule has 0 aliphatic heterocycles. The van der Waals surface area contributed by atoms with Crippen molar-refractivity contribution in [2.24, 2.45) is 5.92 Å². The summed E-state index contributed by atoms with van der Waals surface area (Å²) >= 11 is 7.72. The molecule has 3 rings (SSSR count). The van der Waals surface area contributed by atoms with E-state index in [4.69, 9.17) is 30.5 Å². The van der Waals surface area contributed by atoms with Crippen LogP contribution in [0.15, 0.2) is 42.0 Å². The lowest BCUT2D eigenvalue weighted by atomic mass is 10.1. The third kappa shape index (κ3) is 8.10. The molecule has 0 saturated carbocycles. The summed E-state index contributed by atoms with van der Waals surface area (Å²) in [5.74, 6) is 1.83. The molecule has 1 aromatic heterocycles. The summed E-state index contributed by atoms with van der Waals surface area (Å²) < 4.78 is 22.1. The van der Waals surface area contributed by atoms with Crippen molar-refractivity contribution in [2.45, 2.75) is 20.3 Å². The zero-order valence-electron chi connectivity index (χ0n) is 20.9. The number of carbonyl (C=O) groups is 1. The summed E-state index contributed by atoms with van der Waals surface area (Å²) in [7, 11) is 3.06. The number of nitriles is 1. The molecule has 3 aromatic rings. The first-order valence-corrected chi connectivity index (χ1v) is 12.5. The second-order valence-electron chi connectivity index (χ2n) is 8.13. The van der Waals surface area contributed by atoms with E-state index in [2.05, 4.69) is 29.4 Å². The van der Waals surface area contributed by atoms with Crippen LogP contribution >= 0.6 is 22.9 Å². The van der Waals surface area contributed by atoms with Crippen molar-refractivity contribution in [1.29, 1.82) is 5.26 Å². The highest BCUT2D eigenvalue weighted by molar-refractivity contribution is 7.15. The third-order valence-electron chi connectivity index (χ3n) is 4.84. The van der Waals surface area contributed by atoms with Gasteiger partial charge in [-0.1, -0.05) is 42.9 Å². The Morgan fingerprint density at radius 3 is 2.59 bits per heavy atom. The number of nitrogens with zero attached hydrogens (tertiary/aromatic N) is 3. The van der Waals surface area contributed by atoms with E-state index in [1.807, 2.05) is 24.3 Å². The fourth-order valence-electron chi connectivity index (χ4n) is 3.17. The van der Waals surface area contributed by atoms with Crippen molar-refractivity contribution < 1.29 is 23.7 Å². The Morgan fingerprint density at radius 1 is 1.14 bits per heavy atom. The number of amides is 1. The van der Waals surface area contributed by atoms with Crippen LogP contribution in [0.4, 0.5) is 5.13 Å². The molecule has 0 atom stereocenters. The molecule has 11 heteroatoms. The number of anilines is 1. The van der Waals surface area contributed by atoms with E-state index in [9.17, 15) is 10.1 Å². The number of benzene rings is 2. The van der Waals surface area contributed by atoms with Crippen molar-refractivity contribution in [3.05, 3.63) is 57.6 Å². The van der Waals surface area contributed by atoms with Gasteiger partial charge in [0.1, 0.15) is 41.4 Å². The third-order valence-corrected chi connectivity index (χ3v) is 5.98. The van der Waals surface area contributed by atoms with Crippen LogP contribution < -0.4 is 24.3 Å². The van der Waals surface area contributed by atoms with Crippen LogP contribution in [0.2, 0.25) is 5.02 Å². The van der Waals surface area contributed by atoms with E-state index in [-0.39, 0.29) is 23.8 Å². The Morgan fingerprint density at radius 2 is 1.89 bits per heavy atom. The fraction of sp³-hybridized carbons (Fsp3) is 0.308. The second kappa shape index (κ2) is 13.5. The Kier molecular flexibility index (Phi) is 10.1. The van der Waals surface area contributed by atoms with Crippen molar-refractivity contribution in [3.63, 3.8) is 0 Å². The standard InChI is InChI=1S/C26H27ClN4O5S/c1-16(2)10-23-30-31-26(37-23)29-25(32)18(15-28)11-17-12-21(27)24(22(13-17)34-4)36-9-8-35-20-7-5-6-19(14-20)33-3/h5-7,11-14,16H,8-10H2,1-4H3,(H,29,31,32)/b18-11-. The van der Waals surface area contributed by atoms with Gasteiger partial charge in [-0.2, -0.15) is 5.26 Å². The molecule has 194 valence electrons. The van der Waals surface area contributed by atoms with Gasteiger partial charge in [-0.05, 0) is 41.8 Å². The van der Waals surface area contributed by atoms with Crippen molar-refractivity contribution >= 4 is 40.1 Å². The molecule has 1 N–H and O–H groups in total. The molecule has 0 aliphatic carbocycles. The average Bonchev–Trinajstić information content (AvgIpc) is 3.31. The zero-order chi connectivity index (χ0) is 26.8. The molecule has 0 spiro atoms. The van der Waals surface area contributed by atoms with Gasteiger partial charge in [0.15, 0.2) is 11.5 Å². The maximum absolute atomic E-state index is 12.6. The van der Waals surface area contributed by atoms with E-state index in [1.54, 1.807) is 25.3 Å². The van der Waals surface area contributed by atoms with Crippen molar-refractivity contribution in [2.75, 3.05) is 32.8 Å². The number of carbonyl (C=O) groups excluding carboxylic acids is 1. The lowest BCUT2D eigenvalue weighted by Crippen LogP contribution is -2.13. The molecule has 0 aliphatic rings. The van der Waals surface area contributed by atoms with Crippen LogP contribution in [0.25, 0.3) is 6.08 Å². The Hall–Kier alpha value is -3.81. The monoisotopic (exact) mass is 542 g/mol. The Labute approximate surface area is 224 Å². The van der Waals surface area contributed by atoms with Crippen molar-refractivity contribution in [1.82, 2.24) is 10.2 Å². The van der Waals surface area contributed by atoms with Crippen LogP contribution in [-0.4, -0.2) is 43.5 Å². The lowest BCUT2D eigenvalue weighted by molar-refractivity contribution is -0.112. The van der Waals surface area contributed by atoms with Crippen LogP contribution in [0.3, 0.4) is 0 Å². The number of hydrogen-bond donors (Lipinski definition) is 1. The molecule has 0 saturated heterocycles. The summed E-state index contributed by atoms with van der Waals surface area (Å²) in [5.41, 5.74) is 0.366. The maximum atomic E-state index is 12.6. The normalized spacial score (nSPS) is 11.1. The Bertz CT molecular complexity index is 1300. The highest BCUT2D eigenvalue weighted by atomic mass is 35.5. The first kappa shape index (κ1) is 27.8. The minimum atomic E-state index is -0.597.